The summed E-state index contributed by atoms with van der Waals surface area (Å²) in [5, 5.41) is 0.502. The molecule has 0 saturated heterocycles. The first-order chi connectivity index (χ1) is 9.72. The molecule has 1 N–H and O–H groups in total. The van der Waals surface area contributed by atoms with E-state index in [2.05, 4.69) is 15.0 Å². The molecule has 3 aromatic rings. The van der Waals surface area contributed by atoms with Crippen LogP contribution in [-0.4, -0.2) is 15.0 Å². The molecule has 0 saturated carbocycles. The van der Waals surface area contributed by atoms with E-state index in [1.54, 1.807) is 18.5 Å². The van der Waals surface area contributed by atoms with E-state index in [0.29, 0.717) is 17.5 Å². The van der Waals surface area contributed by atoms with Gasteiger partial charge in [0.15, 0.2) is 0 Å². The van der Waals surface area contributed by atoms with Gasteiger partial charge in [0.2, 0.25) is 0 Å². The van der Waals surface area contributed by atoms with E-state index in [-0.39, 0.29) is 11.6 Å². The summed E-state index contributed by atoms with van der Waals surface area (Å²) in [7, 11) is 0. The molecule has 0 aliphatic carbocycles. The first-order valence-electron chi connectivity index (χ1n) is 6.25. The van der Waals surface area contributed by atoms with Gasteiger partial charge in [-0.2, -0.15) is 4.98 Å². The summed E-state index contributed by atoms with van der Waals surface area (Å²) in [6.45, 7) is 2.38. The highest BCUT2D eigenvalue weighted by atomic mass is 16.5. The summed E-state index contributed by atoms with van der Waals surface area (Å²) >= 11 is 0. The average Bonchev–Trinajstić information content (AvgIpc) is 2.47. The van der Waals surface area contributed by atoms with Crippen molar-refractivity contribution in [3.8, 4) is 6.01 Å². The average molecular weight is 267 g/mol. The largest absolute Gasteiger partial charge is 0.460 e. The minimum Gasteiger partial charge on any atom is -0.460 e. The highest BCUT2D eigenvalue weighted by molar-refractivity contribution is 5.76. The molecule has 100 valence electrons. The van der Waals surface area contributed by atoms with Crippen LogP contribution >= 0.6 is 0 Å². The van der Waals surface area contributed by atoms with Gasteiger partial charge in [0, 0.05) is 6.20 Å². The number of benzene rings is 1. The van der Waals surface area contributed by atoms with Gasteiger partial charge in [0.05, 0.1) is 17.1 Å². The Morgan fingerprint density at radius 3 is 2.80 bits per heavy atom. The zero-order valence-electron chi connectivity index (χ0n) is 11.0. The third-order valence-corrected chi connectivity index (χ3v) is 2.98. The summed E-state index contributed by atoms with van der Waals surface area (Å²) in [5.41, 5.74) is 2.51. The Labute approximate surface area is 115 Å². The van der Waals surface area contributed by atoms with Crippen LogP contribution < -0.4 is 10.3 Å². The standard InChI is InChI=1S/C15H13N3O2/c1-10-2-4-11(5-3-10)9-20-15-17-13-8-16-7-6-12(13)14(19)18-15/h2-8H,9H2,1H3,(H,17,18,19). The Morgan fingerprint density at radius 1 is 1.20 bits per heavy atom. The number of H-pyrrole nitrogens is 1. The van der Waals surface area contributed by atoms with Crippen molar-refractivity contribution in [3.63, 3.8) is 0 Å². The predicted octanol–water partition coefficient (Wildman–Crippen LogP) is 2.21. The van der Waals surface area contributed by atoms with Crippen molar-refractivity contribution >= 4 is 10.9 Å². The van der Waals surface area contributed by atoms with Crippen LogP contribution in [0.15, 0.2) is 47.5 Å². The molecule has 0 amide bonds. The lowest BCUT2D eigenvalue weighted by atomic mass is 10.2. The second-order valence-electron chi connectivity index (χ2n) is 4.54. The highest BCUT2D eigenvalue weighted by Crippen LogP contribution is 2.10. The normalized spacial score (nSPS) is 10.7. The minimum atomic E-state index is -0.226. The molecule has 5 heteroatoms. The third-order valence-electron chi connectivity index (χ3n) is 2.98. The molecular weight excluding hydrogens is 254 g/mol. The van der Waals surface area contributed by atoms with Gasteiger partial charge in [0.25, 0.3) is 11.6 Å². The minimum absolute atomic E-state index is 0.205. The van der Waals surface area contributed by atoms with Crippen molar-refractivity contribution in [2.24, 2.45) is 0 Å². The lowest BCUT2D eigenvalue weighted by Gasteiger charge is -2.06. The number of aryl methyl sites for hydroxylation is 1. The molecule has 0 spiro atoms. The topological polar surface area (TPSA) is 67.9 Å². The Kier molecular flexibility index (Phi) is 3.16. The van der Waals surface area contributed by atoms with Gasteiger partial charge in [-0.25, -0.2) is 0 Å². The van der Waals surface area contributed by atoms with E-state index in [1.165, 1.54) is 5.56 Å². The molecule has 3 rings (SSSR count). The van der Waals surface area contributed by atoms with Crippen LogP contribution in [0.2, 0.25) is 0 Å². The lowest BCUT2D eigenvalue weighted by Crippen LogP contribution is -2.11. The lowest BCUT2D eigenvalue weighted by molar-refractivity contribution is 0.281. The molecule has 2 heterocycles. The molecule has 0 unspecified atom stereocenters. The fourth-order valence-corrected chi connectivity index (χ4v) is 1.87. The van der Waals surface area contributed by atoms with Crippen molar-refractivity contribution in [1.29, 1.82) is 0 Å². The molecule has 20 heavy (non-hydrogen) atoms. The Hall–Kier alpha value is -2.69. The van der Waals surface area contributed by atoms with Crippen molar-refractivity contribution in [1.82, 2.24) is 15.0 Å². The Bertz CT molecular complexity index is 794. The number of rotatable bonds is 3. The van der Waals surface area contributed by atoms with Gasteiger partial charge < -0.3 is 4.74 Å². The molecule has 0 bridgehead atoms. The quantitative estimate of drug-likeness (QED) is 0.790. The smallest absolute Gasteiger partial charge is 0.297 e. The number of nitrogens with one attached hydrogen (secondary N) is 1. The van der Waals surface area contributed by atoms with Gasteiger partial charge in [-0.05, 0) is 18.6 Å². The summed E-state index contributed by atoms with van der Waals surface area (Å²) in [4.78, 5) is 22.6. The molecule has 2 aromatic heterocycles. The van der Waals surface area contributed by atoms with E-state index < -0.39 is 0 Å². The van der Waals surface area contributed by atoms with Crippen molar-refractivity contribution < 1.29 is 4.74 Å². The fraction of sp³-hybridized carbons (Fsp3) is 0.133. The van der Waals surface area contributed by atoms with E-state index in [0.717, 1.165) is 5.56 Å². The van der Waals surface area contributed by atoms with Crippen LogP contribution in [0.4, 0.5) is 0 Å². The zero-order valence-corrected chi connectivity index (χ0v) is 11.0. The molecule has 0 fully saturated rings. The van der Waals surface area contributed by atoms with Crippen LogP contribution in [0.3, 0.4) is 0 Å². The SMILES string of the molecule is Cc1ccc(COc2nc3cnccc3c(=O)[nH]2)cc1. The number of pyridine rings is 1. The van der Waals surface area contributed by atoms with Gasteiger partial charge in [-0.15, -0.1) is 0 Å². The molecule has 0 aliphatic rings. The number of hydrogen-bond donors (Lipinski definition) is 1. The number of fused-ring (bicyclic) bond motifs is 1. The second kappa shape index (κ2) is 5.13. The summed E-state index contributed by atoms with van der Waals surface area (Å²) in [6, 6.07) is 9.83. The molecular formula is C15H13N3O2. The van der Waals surface area contributed by atoms with Crippen LogP contribution in [0.25, 0.3) is 10.9 Å². The summed E-state index contributed by atoms with van der Waals surface area (Å²) < 4.78 is 5.53. The molecule has 0 atom stereocenters. The van der Waals surface area contributed by atoms with Crippen LogP contribution in [0.5, 0.6) is 6.01 Å². The summed E-state index contributed by atoms with van der Waals surface area (Å²) in [6.07, 6.45) is 3.11. The maximum absolute atomic E-state index is 11.9. The number of nitrogens with zero attached hydrogens (tertiary/aromatic N) is 2. The highest BCUT2D eigenvalue weighted by Gasteiger charge is 2.04. The third kappa shape index (κ3) is 2.51. The Balaban J connectivity index is 1.84. The van der Waals surface area contributed by atoms with E-state index in [9.17, 15) is 4.79 Å². The maximum Gasteiger partial charge on any atom is 0.297 e. The van der Waals surface area contributed by atoms with Crippen LogP contribution in [-0.2, 0) is 6.61 Å². The second-order valence-corrected chi connectivity index (χ2v) is 4.54. The maximum atomic E-state index is 11.9. The number of hydrogen-bond acceptors (Lipinski definition) is 4. The molecule has 0 radical (unpaired) electrons. The van der Waals surface area contributed by atoms with E-state index in [1.807, 2.05) is 31.2 Å². The van der Waals surface area contributed by atoms with E-state index in [4.69, 9.17) is 4.74 Å². The van der Waals surface area contributed by atoms with Gasteiger partial charge in [0.1, 0.15) is 6.61 Å². The zero-order chi connectivity index (χ0) is 13.9. The van der Waals surface area contributed by atoms with Crippen molar-refractivity contribution in [2.45, 2.75) is 13.5 Å². The number of aromatic amines is 1. The first-order valence-corrected chi connectivity index (χ1v) is 6.25. The number of aromatic nitrogens is 3. The number of ether oxygens (including phenoxy) is 1. The summed E-state index contributed by atoms with van der Waals surface area (Å²) in [5.74, 6) is 0. The molecule has 5 nitrogen and oxygen atoms in total. The first kappa shape index (κ1) is 12.3. The van der Waals surface area contributed by atoms with Crippen molar-refractivity contribution in [3.05, 3.63) is 64.2 Å². The predicted molar refractivity (Wildman–Crippen MR) is 75.7 cm³/mol. The van der Waals surface area contributed by atoms with E-state index >= 15 is 0 Å². The fourth-order valence-electron chi connectivity index (χ4n) is 1.87. The van der Waals surface area contributed by atoms with Gasteiger partial charge in [-0.1, -0.05) is 29.8 Å². The van der Waals surface area contributed by atoms with Gasteiger partial charge >= 0.3 is 0 Å². The monoisotopic (exact) mass is 267 g/mol. The molecule has 1 aromatic carbocycles. The van der Waals surface area contributed by atoms with Crippen LogP contribution in [0.1, 0.15) is 11.1 Å². The molecule has 0 aliphatic heterocycles. The van der Waals surface area contributed by atoms with Crippen molar-refractivity contribution in [2.75, 3.05) is 0 Å². The Morgan fingerprint density at radius 2 is 2.00 bits per heavy atom. The van der Waals surface area contributed by atoms with Crippen LogP contribution in [0, 0.1) is 6.92 Å². The van der Waals surface area contributed by atoms with Gasteiger partial charge in [-0.3, -0.25) is 14.8 Å².